The van der Waals surface area contributed by atoms with Gasteiger partial charge >= 0.3 is 0 Å². The second-order valence-electron chi connectivity index (χ2n) is 8.56. The molecule has 162 valence electrons. The van der Waals surface area contributed by atoms with Crippen LogP contribution in [-0.2, 0) is 6.54 Å². The average molecular weight is 424 g/mol. The quantitative estimate of drug-likeness (QED) is 0.403. The van der Waals surface area contributed by atoms with Gasteiger partial charge in [0.2, 0.25) is 0 Å². The highest BCUT2D eigenvalue weighted by Crippen LogP contribution is 2.35. The van der Waals surface area contributed by atoms with Gasteiger partial charge in [0.05, 0.1) is 12.6 Å². The number of anilines is 2. The first-order valence-electron chi connectivity index (χ1n) is 11.3. The molecule has 32 heavy (non-hydrogen) atoms. The van der Waals surface area contributed by atoms with Gasteiger partial charge < -0.3 is 15.0 Å². The van der Waals surface area contributed by atoms with Crippen LogP contribution >= 0.6 is 0 Å². The molecule has 1 unspecified atom stereocenters. The first kappa shape index (κ1) is 20.4. The van der Waals surface area contributed by atoms with Crippen molar-refractivity contribution in [3.8, 4) is 5.75 Å². The van der Waals surface area contributed by atoms with Crippen LogP contribution < -0.4 is 15.0 Å². The molecule has 2 heterocycles. The molecule has 1 atom stereocenters. The number of fused-ring (bicyclic) bond motifs is 1. The molecule has 1 aliphatic rings. The predicted octanol–water partition coefficient (Wildman–Crippen LogP) is 6.16. The monoisotopic (exact) mass is 423 g/mol. The van der Waals surface area contributed by atoms with Gasteiger partial charge in [-0.2, -0.15) is 0 Å². The zero-order valence-corrected chi connectivity index (χ0v) is 18.7. The summed E-state index contributed by atoms with van der Waals surface area (Å²) >= 11 is 0. The van der Waals surface area contributed by atoms with Gasteiger partial charge in [-0.1, -0.05) is 42.5 Å². The van der Waals surface area contributed by atoms with E-state index in [9.17, 15) is 0 Å². The maximum absolute atomic E-state index is 5.26. The third-order valence-corrected chi connectivity index (χ3v) is 6.37. The zero-order valence-electron chi connectivity index (χ0n) is 18.7. The molecule has 5 rings (SSSR count). The lowest BCUT2D eigenvalue weighted by Crippen LogP contribution is -2.20. The molecule has 0 spiro atoms. The summed E-state index contributed by atoms with van der Waals surface area (Å²) in [6.07, 6.45) is 1.18. The van der Waals surface area contributed by atoms with E-state index in [4.69, 9.17) is 9.72 Å². The van der Waals surface area contributed by atoms with Gasteiger partial charge in [-0.05, 0) is 60.9 Å². The normalized spacial score (nSPS) is 15.8. The van der Waals surface area contributed by atoms with Crippen molar-refractivity contribution in [3.05, 3.63) is 95.7 Å². The summed E-state index contributed by atoms with van der Waals surface area (Å²) < 4.78 is 5.26. The molecule has 0 saturated carbocycles. The van der Waals surface area contributed by atoms with Crippen molar-refractivity contribution in [2.75, 3.05) is 30.4 Å². The summed E-state index contributed by atoms with van der Waals surface area (Å²) in [7, 11) is 1.69. The third kappa shape index (κ3) is 4.26. The highest BCUT2D eigenvalue weighted by molar-refractivity contribution is 5.94. The van der Waals surface area contributed by atoms with Gasteiger partial charge in [-0.25, -0.2) is 0 Å². The molecule has 1 fully saturated rings. The van der Waals surface area contributed by atoms with Gasteiger partial charge in [-0.3, -0.25) is 4.98 Å². The van der Waals surface area contributed by atoms with Crippen molar-refractivity contribution in [2.24, 2.45) is 0 Å². The summed E-state index contributed by atoms with van der Waals surface area (Å²) in [6, 6.07) is 27.8. The molecular formula is C28H29N3O. The Labute approximate surface area is 189 Å². The van der Waals surface area contributed by atoms with Crippen molar-refractivity contribution in [1.82, 2.24) is 4.98 Å². The van der Waals surface area contributed by atoms with Crippen molar-refractivity contribution in [2.45, 2.75) is 25.8 Å². The predicted molar refractivity (Wildman–Crippen MR) is 133 cm³/mol. The van der Waals surface area contributed by atoms with Crippen molar-refractivity contribution >= 4 is 22.3 Å². The van der Waals surface area contributed by atoms with Gasteiger partial charge in [-0.15, -0.1) is 0 Å². The lowest BCUT2D eigenvalue weighted by Gasteiger charge is -2.22. The number of nitrogens with one attached hydrogen (secondary N) is 1. The van der Waals surface area contributed by atoms with Crippen LogP contribution in [0.1, 0.15) is 29.2 Å². The fourth-order valence-corrected chi connectivity index (χ4v) is 4.63. The SMILES string of the molecule is COc1ccc(CNc2ccc3nc(C)cc(N4CCC(c5ccccc5)C4)c3c2)cc1. The Kier molecular flexibility index (Phi) is 5.68. The molecule has 4 nitrogen and oxygen atoms in total. The fraction of sp³-hybridized carbons (Fsp3) is 0.250. The van der Waals surface area contributed by atoms with Crippen LogP contribution in [0.3, 0.4) is 0 Å². The molecule has 4 heteroatoms. The van der Waals surface area contributed by atoms with Crippen molar-refractivity contribution < 1.29 is 4.74 Å². The standard InChI is InChI=1S/C28H29N3O/c1-20-16-28(31-15-14-23(19-31)22-6-4-3-5-7-22)26-17-24(10-13-27(26)30-20)29-18-21-8-11-25(32-2)12-9-21/h3-13,16-17,23,29H,14-15,18-19H2,1-2H3. The fourth-order valence-electron chi connectivity index (χ4n) is 4.63. The molecule has 0 radical (unpaired) electrons. The number of benzene rings is 3. The Balaban J connectivity index is 1.39. The Morgan fingerprint density at radius 1 is 1.00 bits per heavy atom. The summed E-state index contributed by atoms with van der Waals surface area (Å²) in [6.45, 7) is 4.97. The van der Waals surface area contributed by atoms with Gasteiger partial charge in [0.25, 0.3) is 0 Å². The van der Waals surface area contributed by atoms with Crippen LogP contribution in [0.2, 0.25) is 0 Å². The largest absolute Gasteiger partial charge is 0.497 e. The minimum Gasteiger partial charge on any atom is -0.497 e. The van der Waals surface area contributed by atoms with E-state index in [2.05, 4.69) is 83.9 Å². The van der Waals surface area contributed by atoms with E-state index in [0.717, 1.165) is 42.3 Å². The Bertz CT molecular complexity index is 1200. The van der Waals surface area contributed by atoms with E-state index < -0.39 is 0 Å². The number of hydrogen-bond acceptors (Lipinski definition) is 4. The molecule has 0 bridgehead atoms. The number of pyridine rings is 1. The lowest BCUT2D eigenvalue weighted by atomic mass is 9.99. The minimum absolute atomic E-state index is 0.580. The van der Waals surface area contributed by atoms with E-state index in [1.54, 1.807) is 7.11 Å². The topological polar surface area (TPSA) is 37.4 Å². The van der Waals surface area contributed by atoms with Gasteiger partial charge in [0.1, 0.15) is 5.75 Å². The smallest absolute Gasteiger partial charge is 0.118 e. The van der Waals surface area contributed by atoms with Crippen LogP contribution in [0.4, 0.5) is 11.4 Å². The number of methoxy groups -OCH3 is 1. The number of rotatable bonds is 6. The summed E-state index contributed by atoms with van der Waals surface area (Å²) in [5.74, 6) is 1.46. The maximum atomic E-state index is 5.26. The first-order valence-corrected chi connectivity index (χ1v) is 11.3. The van der Waals surface area contributed by atoms with Gasteiger partial charge in [0.15, 0.2) is 0 Å². The average Bonchev–Trinajstić information content (AvgIpc) is 3.33. The lowest BCUT2D eigenvalue weighted by molar-refractivity contribution is 0.414. The molecule has 3 aromatic carbocycles. The second-order valence-corrected chi connectivity index (χ2v) is 8.56. The van der Waals surface area contributed by atoms with Crippen LogP contribution in [0, 0.1) is 6.92 Å². The number of aromatic nitrogens is 1. The summed E-state index contributed by atoms with van der Waals surface area (Å²) in [4.78, 5) is 7.32. The Hall–Kier alpha value is -3.53. The molecule has 4 aromatic rings. The van der Waals surface area contributed by atoms with Crippen LogP contribution in [0.25, 0.3) is 10.9 Å². The second kappa shape index (κ2) is 8.91. The van der Waals surface area contributed by atoms with Crippen LogP contribution in [0.5, 0.6) is 5.75 Å². The molecule has 0 aliphatic carbocycles. The highest BCUT2D eigenvalue weighted by Gasteiger charge is 2.25. The molecule has 0 amide bonds. The maximum Gasteiger partial charge on any atom is 0.118 e. The molecule has 1 aromatic heterocycles. The number of hydrogen-bond donors (Lipinski definition) is 1. The highest BCUT2D eigenvalue weighted by atomic mass is 16.5. The molecule has 1 aliphatic heterocycles. The Morgan fingerprint density at radius 2 is 1.81 bits per heavy atom. The summed E-state index contributed by atoms with van der Waals surface area (Å²) in [5, 5.41) is 4.78. The van der Waals surface area contributed by atoms with Gasteiger partial charge in [0, 0.05) is 48.0 Å². The van der Waals surface area contributed by atoms with Crippen LogP contribution in [0.15, 0.2) is 78.9 Å². The number of nitrogens with zero attached hydrogens (tertiary/aromatic N) is 2. The number of aryl methyl sites for hydroxylation is 1. The van der Waals surface area contributed by atoms with E-state index in [1.807, 2.05) is 12.1 Å². The van der Waals surface area contributed by atoms with E-state index >= 15 is 0 Å². The zero-order chi connectivity index (χ0) is 21.9. The molecule has 1 N–H and O–H groups in total. The number of ether oxygens (including phenoxy) is 1. The first-order chi connectivity index (χ1) is 15.7. The third-order valence-electron chi connectivity index (χ3n) is 6.37. The van der Waals surface area contributed by atoms with E-state index in [1.165, 1.54) is 28.6 Å². The van der Waals surface area contributed by atoms with Crippen LogP contribution in [-0.4, -0.2) is 25.2 Å². The van der Waals surface area contributed by atoms with E-state index in [0.29, 0.717) is 5.92 Å². The molecule has 1 saturated heterocycles. The summed E-state index contributed by atoms with van der Waals surface area (Å²) in [5.41, 5.74) is 7.18. The minimum atomic E-state index is 0.580. The Morgan fingerprint density at radius 3 is 2.59 bits per heavy atom. The van der Waals surface area contributed by atoms with Crippen molar-refractivity contribution in [3.63, 3.8) is 0 Å². The van der Waals surface area contributed by atoms with E-state index in [-0.39, 0.29) is 0 Å². The van der Waals surface area contributed by atoms with Crippen molar-refractivity contribution in [1.29, 1.82) is 0 Å². The molecular weight excluding hydrogens is 394 g/mol.